The molecule has 0 spiro atoms. The van der Waals surface area contributed by atoms with Crippen LogP contribution in [-0.4, -0.2) is 51.9 Å². The van der Waals surface area contributed by atoms with Crippen LogP contribution in [-0.2, 0) is 9.59 Å². The van der Waals surface area contributed by atoms with Gasteiger partial charge in [0.05, 0.1) is 11.6 Å². The molecule has 7 nitrogen and oxygen atoms in total. The van der Waals surface area contributed by atoms with Crippen molar-refractivity contribution in [3.63, 3.8) is 0 Å². The molecule has 4 atom stereocenters. The van der Waals surface area contributed by atoms with E-state index in [2.05, 4.69) is 51.0 Å². The largest absolute Gasteiger partial charge is 0.365 e. The third-order valence-corrected chi connectivity index (χ3v) is 8.45. The number of halogens is 1. The van der Waals surface area contributed by atoms with Gasteiger partial charge in [-0.2, -0.15) is 0 Å². The highest BCUT2D eigenvalue weighted by Crippen LogP contribution is 2.45. The molecule has 38 heavy (non-hydrogen) atoms. The van der Waals surface area contributed by atoms with E-state index in [-0.39, 0.29) is 30.1 Å². The number of para-hydroxylation sites is 1. The monoisotopic (exact) mass is 519 g/mol. The molecule has 202 valence electrons. The van der Waals surface area contributed by atoms with Gasteiger partial charge in [-0.25, -0.2) is 9.37 Å². The average molecular weight is 520 g/mol. The first-order chi connectivity index (χ1) is 18.3. The Morgan fingerprint density at radius 1 is 1.13 bits per heavy atom. The van der Waals surface area contributed by atoms with E-state index in [0.29, 0.717) is 30.2 Å². The maximum absolute atomic E-state index is 14.4. The summed E-state index contributed by atoms with van der Waals surface area (Å²) in [6.07, 6.45) is 5.36. The lowest BCUT2D eigenvalue weighted by Crippen LogP contribution is -2.43. The van der Waals surface area contributed by atoms with Crippen LogP contribution < -0.4 is 10.2 Å². The van der Waals surface area contributed by atoms with Gasteiger partial charge in [-0.05, 0) is 68.9 Å². The van der Waals surface area contributed by atoms with E-state index < -0.39 is 0 Å². The molecule has 8 heteroatoms. The number of carbonyl (C=O) groups is 2. The van der Waals surface area contributed by atoms with Crippen molar-refractivity contribution in [3.8, 4) is 0 Å². The van der Waals surface area contributed by atoms with Crippen molar-refractivity contribution >= 4 is 28.5 Å². The van der Waals surface area contributed by atoms with Gasteiger partial charge in [0.25, 0.3) is 0 Å². The van der Waals surface area contributed by atoms with E-state index in [1.165, 1.54) is 18.7 Å². The number of hydrogen-bond acceptors (Lipinski definition) is 4. The highest BCUT2D eigenvalue weighted by atomic mass is 19.1. The number of nitrogens with one attached hydrogen (secondary N) is 1. The van der Waals surface area contributed by atoms with E-state index in [0.717, 1.165) is 49.0 Å². The average Bonchev–Trinajstić information content (AvgIpc) is 3.38. The second kappa shape index (κ2) is 10.8. The Labute approximate surface area is 224 Å². The number of hydrogen-bond donors (Lipinski definition) is 1. The maximum atomic E-state index is 14.4. The minimum Gasteiger partial charge on any atom is -0.365 e. The molecular weight excluding hydrogens is 481 g/mol. The Bertz CT molecular complexity index is 1320. The molecule has 2 fully saturated rings. The summed E-state index contributed by atoms with van der Waals surface area (Å²) < 4.78 is 16.6. The van der Waals surface area contributed by atoms with Gasteiger partial charge in [-0.15, -0.1) is 0 Å². The highest BCUT2D eigenvalue weighted by Gasteiger charge is 2.42. The Morgan fingerprint density at radius 2 is 1.84 bits per heavy atom. The Kier molecular flexibility index (Phi) is 7.41. The number of benzene rings is 2. The molecular formula is C30H38FN5O2. The Balaban J connectivity index is 1.31. The zero-order chi connectivity index (χ0) is 27.0. The third-order valence-electron chi connectivity index (χ3n) is 8.45. The van der Waals surface area contributed by atoms with E-state index in [9.17, 15) is 14.0 Å². The number of carbonyl (C=O) groups excluding carboxylic acids is 2. The lowest BCUT2D eigenvalue weighted by Gasteiger charge is -2.41. The summed E-state index contributed by atoms with van der Waals surface area (Å²) in [6, 6.07) is 14.9. The summed E-state index contributed by atoms with van der Waals surface area (Å²) in [7, 11) is 1.71. The molecule has 3 aromatic rings. The van der Waals surface area contributed by atoms with Crippen LogP contribution in [0, 0.1) is 12.7 Å². The minimum absolute atomic E-state index is 0.0421. The molecule has 2 bridgehead atoms. The summed E-state index contributed by atoms with van der Waals surface area (Å²) in [5.41, 5.74) is 3.66. The molecule has 0 saturated carbocycles. The van der Waals surface area contributed by atoms with E-state index in [1.54, 1.807) is 18.0 Å². The molecule has 2 aliphatic rings. The van der Waals surface area contributed by atoms with Crippen LogP contribution in [0.3, 0.4) is 0 Å². The number of rotatable bonds is 8. The SMILES string of the molecule is CC[C@H](NC(=O)CCN(C)C(C)=O)c1cccc(N2[C@@H]3CC[C@H]2CC(n2c(C)nc4c(F)cccc42)C3)c1. The second-order valence-corrected chi connectivity index (χ2v) is 10.9. The first kappa shape index (κ1) is 26.2. The lowest BCUT2D eigenvalue weighted by atomic mass is 9.95. The Hall–Kier alpha value is -3.42. The number of nitrogens with zero attached hydrogens (tertiary/aromatic N) is 4. The van der Waals surface area contributed by atoms with Crippen molar-refractivity contribution in [1.29, 1.82) is 0 Å². The maximum Gasteiger partial charge on any atom is 0.222 e. The van der Waals surface area contributed by atoms with Gasteiger partial charge < -0.3 is 19.7 Å². The zero-order valence-corrected chi connectivity index (χ0v) is 22.8. The quantitative estimate of drug-likeness (QED) is 0.439. The van der Waals surface area contributed by atoms with Crippen molar-refractivity contribution in [2.75, 3.05) is 18.5 Å². The Morgan fingerprint density at radius 3 is 2.53 bits per heavy atom. The van der Waals surface area contributed by atoms with E-state index in [4.69, 9.17) is 0 Å². The van der Waals surface area contributed by atoms with Gasteiger partial charge in [-0.1, -0.05) is 25.1 Å². The van der Waals surface area contributed by atoms with Crippen molar-refractivity contribution in [2.45, 2.75) is 83.5 Å². The van der Waals surface area contributed by atoms with Gasteiger partial charge in [0, 0.05) is 50.7 Å². The molecule has 2 saturated heterocycles. The van der Waals surface area contributed by atoms with Crippen molar-refractivity contribution in [2.24, 2.45) is 0 Å². The fourth-order valence-electron chi connectivity index (χ4n) is 6.46. The van der Waals surface area contributed by atoms with Crippen LogP contribution in [0.4, 0.5) is 10.1 Å². The minimum atomic E-state index is -0.259. The first-order valence-corrected chi connectivity index (χ1v) is 13.8. The fourth-order valence-corrected chi connectivity index (χ4v) is 6.46. The summed E-state index contributed by atoms with van der Waals surface area (Å²) in [5, 5.41) is 3.16. The molecule has 5 rings (SSSR count). The van der Waals surface area contributed by atoms with Gasteiger partial charge in [-0.3, -0.25) is 9.59 Å². The first-order valence-electron chi connectivity index (χ1n) is 13.8. The lowest BCUT2D eigenvalue weighted by molar-refractivity contribution is -0.128. The standard InChI is InChI=1S/C30H38FN5O2/c1-5-27(33-29(38)14-15-34(4)20(3)37)21-8-6-9-22(16-21)36-23-12-13-24(36)18-25(17-23)35-19(2)32-30-26(31)10-7-11-28(30)35/h6-11,16,23-25,27H,5,12-15,17-18H2,1-4H3,(H,33,38)/t23-,24+,25?,27-/m0/s1. The predicted molar refractivity (Wildman–Crippen MR) is 148 cm³/mol. The summed E-state index contributed by atoms with van der Waals surface area (Å²) >= 11 is 0. The van der Waals surface area contributed by atoms with Crippen LogP contribution in [0.15, 0.2) is 42.5 Å². The van der Waals surface area contributed by atoms with Gasteiger partial charge in [0.2, 0.25) is 11.8 Å². The van der Waals surface area contributed by atoms with Gasteiger partial charge >= 0.3 is 0 Å². The van der Waals surface area contributed by atoms with Gasteiger partial charge in [0.15, 0.2) is 5.82 Å². The van der Waals surface area contributed by atoms with Gasteiger partial charge in [0.1, 0.15) is 11.3 Å². The van der Waals surface area contributed by atoms with E-state index >= 15 is 0 Å². The number of aryl methyl sites for hydroxylation is 1. The zero-order valence-electron chi connectivity index (χ0n) is 22.8. The molecule has 0 aliphatic carbocycles. The molecule has 1 unspecified atom stereocenters. The molecule has 2 aliphatic heterocycles. The molecule has 3 heterocycles. The summed E-state index contributed by atoms with van der Waals surface area (Å²) in [5.74, 6) is 0.529. The topological polar surface area (TPSA) is 70.5 Å². The number of amides is 2. The van der Waals surface area contributed by atoms with Crippen LogP contribution in [0.25, 0.3) is 11.0 Å². The molecule has 0 radical (unpaired) electrons. The van der Waals surface area contributed by atoms with Crippen molar-refractivity contribution in [1.82, 2.24) is 19.8 Å². The number of imidazole rings is 1. The number of anilines is 1. The number of piperidine rings is 1. The number of fused-ring (bicyclic) bond motifs is 3. The number of aromatic nitrogens is 2. The van der Waals surface area contributed by atoms with E-state index in [1.807, 2.05) is 13.0 Å². The summed E-state index contributed by atoms with van der Waals surface area (Å²) in [6.45, 7) is 5.98. The van der Waals surface area contributed by atoms with Crippen molar-refractivity contribution < 1.29 is 14.0 Å². The van der Waals surface area contributed by atoms with Crippen LogP contribution >= 0.6 is 0 Å². The molecule has 1 aromatic heterocycles. The molecule has 2 amide bonds. The molecule has 2 aromatic carbocycles. The normalized spacial score (nSPS) is 21.5. The summed E-state index contributed by atoms with van der Waals surface area (Å²) in [4.78, 5) is 32.7. The van der Waals surface area contributed by atoms with Crippen molar-refractivity contribution in [3.05, 3.63) is 59.7 Å². The highest BCUT2D eigenvalue weighted by molar-refractivity contribution is 5.78. The smallest absolute Gasteiger partial charge is 0.222 e. The third kappa shape index (κ3) is 5.00. The van der Waals surface area contributed by atoms with Crippen LogP contribution in [0.2, 0.25) is 0 Å². The second-order valence-electron chi connectivity index (χ2n) is 10.9. The molecule has 1 N–H and O–H groups in total. The van der Waals surface area contributed by atoms with Crippen LogP contribution in [0.5, 0.6) is 0 Å². The van der Waals surface area contributed by atoms with Crippen LogP contribution in [0.1, 0.15) is 75.8 Å². The predicted octanol–water partition coefficient (Wildman–Crippen LogP) is 5.29. The fraction of sp³-hybridized carbons (Fsp3) is 0.500.